The molecular weight excluding hydrogens is 475 g/mol. The summed E-state index contributed by atoms with van der Waals surface area (Å²) in [6, 6.07) is 17.0. The van der Waals surface area contributed by atoms with Crippen LogP contribution in [0, 0.1) is 12.8 Å². The number of rotatable bonds is 6. The molecule has 0 aliphatic carbocycles. The molecule has 2 aromatic rings. The Kier molecular flexibility index (Phi) is 9.07. The molecule has 158 valence electrons. The van der Waals surface area contributed by atoms with Gasteiger partial charge in [0.15, 0.2) is 5.96 Å². The van der Waals surface area contributed by atoms with Crippen molar-refractivity contribution in [2.45, 2.75) is 19.9 Å². The highest BCUT2D eigenvalue weighted by Crippen LogP contribution is 2.26. The van der Waals surface area contributed by atoms with E-state index in [1.54, 1.807) is 7.11 Å². The fourth-order valence-electron chi connectivity index (χ4n) is 3.70. The molecule has 0 amide bonds. The SMILES string of the molecule is CN=C(NCC1CCN(c2cccc(OC)c2)C1)N(C)Cc1ccc(C)cc1.I. The maximum atomic E-state index is 5.36. The summed E-state index contributed by atoms with van der Waals surface area (Å²) in [5, 5.41) is 3.56. The Morgan fingerprint density at radius 2 is 2.00 bits per heavy atom. The van der Waals surface area contributed by atoms with Crippen molar-refractivity contribution < 1.29 is 4.74 Å². The number of hydrogen-bond donors (Lipinski definition) is 1. The summed E-state index contributed by atoms with van der Waals surface area (Å²) in [6.07, 6.45) is 1.18. The second-order valence-electron chi connectivity index (χ2n) is 7.57. The molecule has 0 aromatic heterocycles. The normalized spacial score (nSPS) is 16.3. The Bertz CT molecular complexity index is 794. The first-order valence-corrected chi connectivity index (χ1v) is 9.95. The fraction of sp³-hybridized carbons (Fsp3) is 0.435. The summed E-state index contributed by atoms with van der Waals surface area (Å²) in [6.45, 7) is 6.03. The van der Waals surface area contributed by atoms with Crippen LogP contribution in [0.25, 0.3) is 0 Å². The number of hydrogen-bond acceptors (Lipinski definition) is 3. The highest BCUT2D eigenvalue weighted by molar-refractivity contribution is 14.0. The Balaban J connectivity index is 0.00000300. The number of halogens is 1. The summed E-state index contributed by atoms with van der Waals surface area (Å²) in [4.78, 5) is 9.08. The van der Waals surface area contributed by atoms with Gasteiger partial charge < -0.3 is 19.9 Å². The van der Waals surface area contributed by atoms with Crippen molar-refractivity contribution >= 4 is 35.6 Å². The van der Waals surface area contributed by atoms with Gasteiger partial charge in [-0.05, 0) is 37.0 Å². The first kappa shape index (κ1) is 23.3. The van der Waals surface area contributed by atoms with E-state index >= 15 is 0 Å². The van der Waals surface area contributed by atoms with Gasteiger partial charge in [-0.15, -0.1) is 24.0 Å². The minimum Gasteiger partial charge on any atom is -0.497 e. The van der Waals surface area contributed by atoms with E-state index in [2.05, 4.69) is 76.5 Å². The summed E-state index contributed by atoms with van der Waals surface area (Å²) in [5.74, 6) is 2.47. The number of guanidine groups is 1. The van der Waals surface area contributed by atoms with Crippen molar-refractivity contribution in [1.82, 2.24) is 10.2 Å². The first-order valence-electron chi connectivity index (χ1n) is 9.95. The molecule has 0 bridgehead atoms. The molecule has 1 unspecified atom stereocenters. The lowest BCUT2D eigenvalue weighted by Crippen LogP contribution is -2.41. The lowest BCUT2D eigenvalue weighted by molar-refractivity contribution is 0.415. The first-order chi connectivity index (χ1) is 13.6. The highest BCUT2D eigenvalue weighted by Gasteiger charge is 2.23. The van der Waals surface area contributed by atoms with Crippen LogP contribution >= 0.6 is 24.0 Å². The maximum Gasteiger partial charge on any atom is 0.193 e. The Morgan fingerprint density at radius 3 is 2.69 bits per heavy atom. The van der Waals surface area contributed by atoms with E-state index in [1.807, 2.05) is 13.1 Å². The van der Waals surface area contributed by atoms with Crippen LogP contribution in [-0.4, -0.2) is 51.7 Å². The summed E-state index contributed by atoms with van der Waals surface area (Å²) in [5.41, 5.74) is 3.82. The average Bonchev–Trinajstić information content (AvgIpc) is 3.19. The van der Waals surface area contributed by atoms with Gasteiger partial charge in [-0.1, -0.05) is 35.9 Å². The third-order valence-corrected chi connectivity index (χ3v) is 5.37. The number of aryl methyl sites for hydroxylation is 1. The second kappa shape index (κ2) is 11.3. The van der Waals surface area contributed by atoms with Crippen molar-refractivity contribution in [2.24, 2.45) is 10.9 Å². The fourth-order valence-corrected chi connectivity index (χ4v) is 3.70. The molecule has 1 aliphatic heterocycles. The Morgan fingerprint density at radius 1 is 1.24 bits per heavy atom. The van der Waals surface area contributed by atoms with Crippen molar-refractivity contribution in [3.63, 3.8) is 0 Å². The highest BCUT2D eigenvalue weighted by atomic mass is 127. The van der Waals surface area contributed by atoms with Gasteiger partial charge in [-0.2, -0.15) is 0 Å². The molecular formula is C23H33IN4O. The Labute approximate surface area is 192 Å². The van der Waals surface area contributed by atoms with Crippen LogP contribution in [0.15, 0.2) is 53.5 Å². The average molecular weight is 508 g/mol. The van der Waals surface area contributed by atoms with Crippen LogP contribution in [0.3, 0.4) is 0 Å². The van der Waals surface area contributed by atoms with E-state index < -0.39 is 0 Å². The lowest BCUT2D eigenvalue weighted by atomic mass is 10.1. The van der Waals surface area contributed by atoms with Crippen molar-refractivity contribution in [1.29, 1.82) is 0 Å². The van der Waals surface area contributed by atoms with E-state index in [4.69, 9.17) is 4.74 Å². The third-order valence-electron chi connectivity index (χ3n) is 5.37. The monoisotopic (exact) mass is 508 g/mol. The summed E-state index contributed by atoms with van der Waals surface area (Å²) < 4.78 is 5.36. The molecule has 1 N–H and O–H groups in total. The minimum atomic E-state index is 0. The smallest absolute Gasteiger partial charge is 0.193 e. The molecule has 2 aromatic carbocycles. The zero-order chi connectivity index (χ0) is 19.9. The van der Waals surface area contributed by atoms with Gasteiger partial charge in [0.1, 0.15) is 5.75 Å². The molecule has 0 saturated carbocycles. The predicted molar refractivity (Wildman–Crippen MR) is 133 cm³/mol. The molecule has 5 nitrogen and oxygen atoms in total. The number of aliphatic imine (C=N–C) groups is 1. The number of nitrogens with zero attached hydrogens (tertiary/aromatic N) is 3. The van der Waals surface area contributed by atoms with Gasteiger partial charge in [-0.25, -0.2) is 0 Å². The minimum absolute atomic E-state index is 0. The van der Waals surface area contributed by atoms with Crippen LogP contribution in [0.1, 0.15) is 17.5 Å². The molecule has 6 heteroatoms. The van der Waals surface area contributed by atoms with Crippen LogP contribution in [0.5, 0.6) is 5.75 Å². The standard InChI is InChI=1S/C23H32N4O.HI/c1-18-8-10-19(11-9-18)16-26(3)23(24-2)25-15-20-12-13-27(17-20)21-6-5-7-22(14-21)28-4;/h5-11,14,20H,12-13,15-17H2,1-4H3,(H,24,25);1H. The van der Waals surface area contributed by atoms with Gasteiger partial charge >= 0.3 is 0 Å². The number of benzene rings is 2. The quantitative estimate of drug-likeness (QED) is 0.362. The second-order valence-corrected chi connectivity index (χ2v) is 7.57. The number of ether oxygens (including phenoxy) is 1. The van der Waals surface area contributed by atoms with E-state index in [0.29, 0.717) is 5.92 Å². The van der Waals surface area contributed by atoms with Crippen molar-refractivity contribution in [3.8, 4) is 5.75 Å². The van der Waals surface area contributed by atoms with Crippen LogP contribution in [-0.2, 0) is 6.54 Å². The molecule has 1 saturated heterocycles. The number of methoxy groups -OCH3 is 1. The molecule has 1 atom stereocenters. The van der Waals surface area contributed by atoms with Gasteiger partial charge in [0, 0.05) is 52.0 Å². The van der Waals surface area contributed by atoms with Crippen LogP contribution in [0.2, 0.25) is 0 Å². The summed E-state index contributed by atoms with van der Waals surface area (Å²) >= 11 is 0. The molecule has 1 aliphatic rings. The zero-order valence-electron chi connectivity index (χ0n) is 17.9. The largest absolute Gasteiger partial charge is 0.497 e. The van der Waals surface area contributed by atoms with Gasteiger partial charge in [0.2, 0.25) is 0 Å². The molecule has 1 heterocycles. The van der Waals surface area contributed by atoms with E-state index in [1.165, 1.54) is 23.2 Å². The summed E-state index contributed by atoms with van der Waals surface area (Å²) in [7, 11) is 5.66. The van der Waals surface area contributed by atoms with Gasteiger partial charge in [0.25, 0.3) is 0 Å². The van der Waals surface area contributed by atoms with E-state index in [9.17, 15) is 0 Å². The van der Waals surface area contributed by atoms with E-state index in [0.717, 1.165) is 37.9 Å². The topological polar surface area (TPSA) is 40.1 Å². The van der Waals surface area contributed by atoms with Crippen molar-refractivity contribution in [2.75, 3.05) is 45.7 Å². The van der Waals surface area contributed by atoms with Crippen LogP contribution < -0.4 is 15.0 Å². The third kappa shape index (κ3) is 6.52. The van der Waals surface area contributed by atoms with Crippen molar-refractivity contribution in [3.05, 3.63) is 59.7 Å². The number of anilines is 1. The number of nitrogens with one attached hydrogen (secondary N) is 1. The molecule has 3 rings (SSSR count). The van der Waals surface area contributed by atoms with Crippen LogP contribution in [0.4, 0.5) is 5.69 Å². The molecule has 1 fully saturated rings. The van der Waals surface area contributed by atoms with E-state index in [-0.39, 0.29) is 24.0 Å². The van der Waals surface area contributed by atoms with Gasteiger partial charge in [0.05, 0.1) is 7.11 Å². The zero-order valence-corrected chi connectivity index (χ0v) is 20.2. The lowest BCUT2D eigenvalue weighted by Gasteiger charge is -2.24. The Hall–Kier alpha value is -1.96. The maximum absolute atomic E-state index is 5.36. The predicted octanol–water partition coefficient (Wildman–Crippen LogP) is 4.16. The molecule has 0 radical (unpaired) electrons. The van der Waals surface area contributed by atoms with Gasteiger partial charge in [-0.3, -0.25) is 4.99 Å². The molecule has 29 heavy (non-hydrogen) atoms. The molecule has 0 spiro atoms.